The van der Waals surface area contributed by atoms with Crippen LogP contribution in [-0.2, 0) is 17.1 Å². The summed E-state index contributed by atoms with van der Waals surface area (Å²) in [5.74, 6) is -1.16. The molecule has 3 nitrogen and oxygen atoms in total. The van der Waals surface area contributed by atoms with E-state index in [0.717, 1.165) is 29.8 Å². The maximum Gasteiger partial charge on any atom is 0.416 e. The number of nitrogens with zero attached hydrogens (tertiary/aromatic N) is 1. The van der Waals surface area contributed by atoms with Crippen molar-refractivity contribution in [2.45, 2.75) is 63.5 Å². The SMILES string of the molecule is C=C(C)CCC(c1cccc(C(F)(F)F)c1)N1CCC(CC(=O)O)CC1c1ccc(C(F)(F)F)cc1. The number of halogens is 6. The maximum absolute atomic E-state index is 13.5. The summed E-state index contributed by atoms with van der Waals surface area (Å²) in [5.41, 5.74) is 0.323. The van der Waals surface area contributed by atoms with Gasteiger partial charge in [-0.1, -0.05) is 29.8 Å². The Morgan fingerprint density at radius 2 is 1.69 bits per heavy atom. The highest BCUT2D eigenvalue weighted by Crippen LogP contribution is 2.44. The predicted molar refractivity (Wildman–Crippen MR) is 124 cm³/mol. The number of likely N-dealkylation sites (tertiary alicyclic amines) is 1. The average molecular weight is 514 g/mol. The molecule has 3 atom stereocenters. The number of aliphatic carboxylic acids is 1. The molecule has 0 saturated carbocycles. The van der Waals surface area contributed by atoms with Gasteiger partial charge in [0.15, 0.2) is 0 Å². The molecule has 1 saturated heterocycles. The third-order valence-electron chi connectivity index (χ3n) is 6.68. The molecule has 2 aromatic carbocycles. The highest BCUT2D eigenvalue weighted by Gasteiger charge is 2.37. The van der Waals surface area contributed by atoms with Crippen molar-refractivity contribution in [2.24, 2.45) is 5.92 Å². The molecule has 0 amide bonds. The molecule has 1 fully saturated rings. The van der Waals surface area contributed by atoms with Crippen molar-refractivity contribution in [1.29, 1.82) is 0 Å². The highest BCUT2D eigenvalue weighted by molar-refractivity contribution is 5.67. The van der Waals surface area contributed by atoms with E-state index in [1.807, 2.05) is 11.8 Å². The molecule has 0 radical (unpaired) electrons. The van der Waals surface area contributed by atoms with Crippen molar-refractivity contribution in [2.75, 3.05) is 6.54 Å². The summed E-state index contributed by atoms with van der Waals surface area (Å²) in [6.45, 7) is 6.14. The lowest BCUT2D eigenvalue weighted by molar-refractivity contribution is -0.139. The molecule has 36 heavy (non-hydrogen) atoms. The quantitative estimate of drug-likeness (QED) is 0.287. The van der Waals surface area contributed by atoms with E-state index in [2.05, 4.69) is 6.58 Å². The Bertz CT molecular complexity index is 1060. The van der Waals surface area contributed by atoms with Crippen LogP contribution >= 0.6 is 0 Å². The van der Waals surface area contributed by atoms with Gasteiger partial charge in [0.2, 0.25) is 0 Å². The van der Waals surface area contributed by atoms with Crippen LogP contribution in [0.2, 0.25) is 0 Å². The van der Waals surface area contributed by atoms with E-state index in [1.54, 1.807) is 6.07 Å². The Morgan fingerprint density at radius 1 is 1.06 bits per heavy atom. The number of carboxylic acid groups (broad SMARTS) is 1. The van der Waals surface area contributed by atoms with Gasteiger partial charge in [0.25, 0.3) is 0 Å². The lowest BCUT2D eigenvalue weighted by Crippen LogP contribution is -2.40. The van der Waals surface area contributed by atoms with Crippen LogP contribution in [0.3, 0.4) is 0 Å². The Hall–Kier alpha value is -2.81. The lowest BCUT2D eigenvalue weighted by Gasteiger charge is -2.44. The van der Waals surface area contributed by atoms with Crippen LogP contribution in [-0.4, -0.2) is 22.5 Å². The van der Waals surface area contributed by atoms with Crippen LogP contribution in [0.1, 0.15) is 73.4 Å². The molecule has 0 aliphatic carbocycles. The number of carbonyl (C=O) groups is 1. The van der Waals surface area contributed by atoms with Crippen molar-refractivity contribution in [1.82, 2.24) is 4.90 Å². The second-order valence-corrected chi connectivity index (χ2v) is 9.50. The third-order valence-corrected chi connectivity index (χ3v) is 6.68. The van der Waals surface area contributed by atoms with Crippen molar-refractivity contribution < 1.29 is 36.2 Å². The molecular weight excluding hydrogens is 484 g/mol. The third kappa shape index (κ3) is 7.12. The summed E-state index contributed by atoms with van der Waals surface area (Å²) in [5, 5.41) is 9.30. The first-order chi connectivity index (χ1) is 16.8. The first-order valence-electron chi connectivity index (χ1n) is 11.7. The maximum atomic E-state index is 13.5. The Kier molecular flexibility index (Phi) is 8.54. The molecule has 0 aromatic heterocycles. The van der Waals surface area contributed by atoms with E-state index >= 15 is 0 Å². The van der Waals surface area contributed by atoms with E-state index in [-0.39, 0.29) is 12.3 Å². The molecule has 1 N–H and O–H groups in total. The fourth-order valence-corrected chi connectivity index (χ4v) is 4.91. The summed E-state index contributed by atoms with van der Waals surface area (Å²) in [4.78, 5) is 13.4. The molecule has 1 heterocycles. The molecule has 3 unspecified atom stereocenters. The number of carboxylic acids is 1. The molecule has 1 aliphatic rings. The van der Waals surface area contributed by atoms with Gasteiger partial charge in [-0.3, -0.25) is 9.69 Å². The number of allylic oxidation sites excluding steroid dienone is 1. The Balaban J connectivity index is 2.03. The van der Waals surface area contributed by atoms with E-state index in [4.69, 9.17) is 0 Å². The minimum atomic E-state index is -4.52. The van der Waals surface area contributed by atoms with Gasteiger partial charge in [0, 0.05) is 18.5 Å². The zero-order chi connectivity index (χ0) is 26.7. The number of piperidine rings is 1. The molecule has 9 heteroatoms. The van der Waals surface area contributed by atoms with Gasteiger partial charge in [0.1, 0.15) is 0 Å². The van der Waals surface area contributed by atoms with Crippen LogP contribution in [0.5, 0.6) is 0 Å². The number of alkyl halides is 6. The van der Waals surface area contributed by atoms with Crippen LogP contribution in [0.15, 0.2) is 60.7 Å². The second kappa shape index (κ2) is 11.1. The largest absolute Gasteiger partial charge is 0.481 e. The summed E-state index contributed by atoms with van der Waals surface area (Å²) >= 11 is 0. The van der Waals surface area contributed by atoms with Gasteiger partial charge in [0.05, 0.1) is 11.1 Å². The minimum absolute atomic E-state index is 0.0784. The number of hydrogen-bond donors (Lipinski definition) is 1. The Morgan fingerprint density at radius 3 is 2.25 bits per heavy atom. The van der Waals surface area contributed by atoms with Crippen LogP contribution < -0.4 is 0 Å². The van der Waals surface area contributed by atoms with Crippen molar-refractivity contribution in [3.05, 3.63) is 82.9 Å². The van der Waals surface area contributed by atoms with Gasteiger partial charge in [-0.2, -0.15) is 26.3 Å². The zero-order valence-electron chi connectivity index (χ0n) is 19.9. The van der Waals surface area contributed by atoms with E-state index < -0.39 is 41.5 Å². The summed E-state index contributed by atoms with van der Waals surface area (Å²) in [6, 6.07) is 8.95. The Labute approximate surface area is 206 Å². The molecule has 3 rings (SSSR count). The zero-order valence-corrected chi connectivity index (χ0v) is 19.9. The minimum Gasteiger partial charge on any atom is -0.481 e. The first-order valence-corrected chi connectivity index (χ1v) is 11.7. The molecule has 0 bridgehead atoms. The number of rotatable bonds is 8. The molecule has 2 aromatic rings. The average Bonchev–Trinajstić information content (AvgIpc) is 2.78. The molecule has 1 aliphatic heterocycles. The van der Waals surface area contributed by atoms with Crippen LogP contribution in [0.4, 0.5) is 26.3 Å². The van der Waals surface area contributed by atoms with E-state index in [0.29, 0.717) is 43.4 Å². The summed E-state index contributed by atoms with van der Waals surface area (Å²) < 4.78 is 79.8. The summed E-state index contributed by atoms with van der Waals surface area (Å²) in [7, 11) is 0. The van der Waals surface area contributed by atoms with E-state index in [9.17, 15) is 36.2 Å². The standard InChI is InChI=1S/C27H29F6NO2/c1-17(2)6-11-23(20-4-3-5-22(16-20)27(31,32)33)34-13-12-18(15-25(35)36)14-24(34)19-7-9-21(10-8-19)26(28,29)30/h3-5,7-10,16,18,23-24H,1,6,11-15H2,2H3,(H,35,36). The monoisotopic (exact) mass is 513 g/mol. The number of benzene rings is 2. The molecule has 196 valence electrons. The van der Waals surface area contributed by atoms with Gasteiger partial charge >= 0.3 is 18.3 Å². The second-order valence-electron chi connectivity index (χ2n) is 9.50. The fraction of sp³-hybridized carbons (Fsp3) is 0.444. The predicted octanol–water partition coefficient (Wildman–Crippen LogP) is 8.05. The van der Waals surface area contributed by atoms with Gasteiger partial charge < -0.3 is 5.11 Å². The van der Waals surface area contributed by atoms with Crippen molar-refractivity contribution >= 4 is 5.97 Å². The van der Waals surface area contributed by atoms with Gasteiger partial charge in [-0.15, -0.1) is 6.58 Å². The van der Waals surface area contributed by atoms with Gasteiger partial charge in [-0.25, -0.2) is 0 Å². The van der Waals surface area contributed by atoms with Crippen LogP contribution in [0.25, 0.3) is 0 Å². The van der Waals surface area contributed by atoms with Gasteiger partial charge in [-0.05, 0) is 80.5 Å². The fourth-order valence-electron chi connectivity index (χ4n) is 4.91. The van der Waals surface area contributed by atoms with Crippen LogP contribution in [0, 0.1) is 5.92 Å². The first kappa shape index (κ1) is 27.8. The smallest absolute Gasteiger partial charge is 0.416 e. The highest BCUT2D eigenvalue weighted by atomic mass is 19.4. The normalized spacial score (nSPS) is 20.2. The van der Waals surface area contributed by atoms with Crippen molar-refractivity contribution in [3.8, 4) is 0 Å². The van der Waals surface area contributed by atoms with Crippen molar-refractivity contribution in [3.63, 3.8) is 0 Å². The topological polar surface area (TPSA) is 40.5 Å². The summed E-state index contributed by atoms with van der Waals surface area (Å²) in [6.07, 6.45) is -7.18. The molecule has 0 spiro atoms. The lowest BCUT2D eigenvalue weighted by atomic mass is 9.82. The van der Waals surface area contributed by atoms with E-state index in [1.165, 1.54) is 18.2 Å². The molecular formula is C27H29F6NO2. The number of hydrogen-bond acceptors (Lipinski definition) is 2.